The predicted octanol–water partition coefficient (Wildman–Crippen LogP) is 3.46. The molecule has 0 fully saturated rings. The number of carbonyl (C=O) groups excluding carboxylic acids is 1. The molecule has 1 unspecified atom stereocenters. The van der Waals surface area contributed by atoms with Gasteiger partial charge in [-0.3, -0.25) is 4.79 Å². The highest BCUT2D eigenvalue weighted by atomic mass is 16.2. The van der Waals surface area contributed by atoms with Crippen molar-refractivity contribution in [3.8, 4) is 0 Å². The molecule has 0 aromatic carbocycles. The lowest BCUT2D eigenvalue weighted by Gasteiger charge is -2.18. The fraction of sp³-hybridized carbons (Fsp3) is 0.923. The molecule has 0 aromatic heterocycles. The molecule has 0 aromatic rings. The van der Waals surface area contributed by atoms with Crippen LogP contribution in [0.25, 0.3) is 0 Å². The van der Waals surface area contributed by atoms with Crippen LogP contribution in [0.1, 0.15) is 58.8 Å². The van der Waals surface area contributed by atoms with Crippen molar-refractivity contribution in [1.29, 1.82) is 0 Å². The molecular formula is C13H27NO. The monoisotopic (exact) mass is 213 g/mol. The summed E-state index contributed by atoms with van der Waals surface area (Å²) in [7, 11) is 3.70. The molecule has 0 N–H and O–H groups in total. The van der Waals surface area contributed by atoms with Gasteiger partial charge in [0.15, 0.2) is 0 Å². The normalized spacial score (nSPS) is 12.5. The molecule has 1 atom stereocenters. The van der Waals surface area contributed by atoms with Crippen molar-refractivity contribution in [1.82, 2.24) is 4.90 Å². The average molecular weight is 213 g/mol. The maximum atomic E-state index is 11.7. The lowest BCUT2D eigenvalue weighted by Crippen LogP contribution is -2.29. The average Bonchev–Trinajstić information content (AvgIpc) is 2.22. The summed E-state index contributed by atoms with van der Waals surface area (Å²) in [6, 6.07) is 0. The minimum Gasteiger partial charge on any atom is -0.349 e. The highest BCUT2D eigenvalue weighted by molar-refractivity contribution is 5.78. The maximum Gasteiger partial charge on any atom is 0.225 e. The molecule has 90 valence electrons. The van der Waals surface area contributed by atoms with E-state index < -0.39 is 0 Å². The van der Waals surface area contributed by atoms with E-state index in [1.807, 2.05) is 14.1 Å². The van der Waals surface area contributed by atoms with Gasteiger partial charge in [0, 0.05) is 20.0 Å². The first-order chi connectivity index (χ1) is 7.13. The summed E-state index contributed by atoms with van der Waals surface area (Å²) < 4.78 is 0. The fourth-order valence-corrected chi connectivity index (χ4v) is 1.86. The first-order valence-corrected chi connectivity index (χ1v) is 6.34. The van der Waals surface area contributed by atoms with Gasteiger partial charge in [-0.1, -0.05) is 46.0 Å². The van der Waals surface area contributed by atoms with Crippen molar-refractivity contribution in [3.05, 3.63) is 0 Å². The van der Waals surface area contributed by atoms with E-state index in [9.17, 15) is 4.79 Å². The second-order valence-corrected chi connectivity index (χ2v) is 4.54. The van der Waals surface area contributed by atoms with Crippen LogP contribution in [0.5, 0.6) is 0 Å². The maximum absolute atomic E-state index is 11.7. The van der Waals surface area contributed by atoms with Gasteiger partial charge in [0.1, 0.15) is 0 Å². The lowest BCUT2D eigenvalue weighted by atomic mass is 9.97. The van der Waals surface area contributed by atoms with Gasteiger partial charge in [-0.15, -0.1) is 0 Å². The lowest BCUT2D eigenvalue weighted by molar-refractivity contribution is -0.133. The van der Waals surface area contributed by atoms with Crippen molar-refractivity contribution in [2.75, 3.05) is 14.1 Å². The van der Waals surface area contributed by atoms with Crippen LogP contribution in [0.15, 0.2) is 0 Å². The molecule has 0 aliphatic heterocycles. The van der Waals surface area contributed by atoms with Crippen LogP contribution in [-0.4, -0.2) is 24.9 Å². The Morgan fingerprint density at radius 1 is 1.07 bits per heavy atom. The summed E-state index contributed by atoms with van der Waals surface area (Å²) in [5.41, 5.74) is 0. The Bertz CT molecular complexity index is 166. The second-order valence-electron chi connectivity index (χ2n) is 4.54. The van der Waals surface area contributed by atoms with Crippen molar-refractivity contribution in [2.24, 2.45) is 5.92 Å². The van der Waals surface area contributed by atoms with Gasteiger partial charge >= 0.3 is 0 Å². The third-order valence-corrected chi connectivity index (χ3v) is 2.94. The van der Waals surface area contributed by atoms with Gasteiger partial charge in [0.05, 0.1) is 0 Å². The number of rotatable bonds is 8. The van der Waals surface area contributed by atoms with Crippen LogP contribution in [0.2, 0.25) is 0 Å². The summed E-state index contributed by atoms with van der Waals surface area (Å²) in [6.07, 6.45) is 8.47. The SMILES string of the molecule is CCCCCCCC(CC)C(=O)N(C)C. The Morgan fingerprint density at radius 2 is 1.67 bits per heavy atom. The fourth-order valence-electron chi connectivity index (χ4n) is 1.86. The summed E-state index contributed by atoms with van der Waals surface area (Å²) in [5.74, 6) is 0.551. The third-order valence-electron chi connectivity index (χ3n) is 2.94. The number of amides is 1. The van der Waals surface area contributed by atoms with Crippen molar-refractivity contribution < 1.29 is 4.79 Å². The smallest absolute Gasteiger partial charge is 0.225 e. The summed E-state index contributed by atoms with van der Waals surface area (Å²) in [5, 5.41) is 0. The number of unbranched alkanes of at least 4 members (excludes halogenated alkanes) is 4. The summed E-state index contributed by atoms with van der Waals surface area (Å²) >= 11 is 0. The van der Waals surface area contributed by atoms with Crippen LogP contribution in [0, 0.1) is 5.92 Å². The van der Waals surface area contributed by atoms with Crippen molar-refractivity contribution in [2.45, 2.75) is 58.8 Å². The molecule has 0 spiro atoms. The van der Waals surface area contributed by atoms with Gasteiger partial charge in [-0.25, -0.2) is 0 Å². The molecule has 2 nitrogen and oxygen atoms in total. The standard InChI is InChI=1S/C13H27NO/c1-5-7-8-9-10-11-12(6-2)13(15)14(3)4/h12H,5-11H2,1-4H3. The Balaban J connectivity index is 3.66. The van der Waals surface area contributed by atoms with Gasteiger partial charge in [-0.2, -0.15) is 0 Å². The van der Waals surface area contributed by atoms with E-state index in [0.29, 0.717) is 5.91 Å². The van der Waals surface area contributed by atoms with E-state index in [2.05, 4.69) is 13.8 Å². The van der Waals surface area contributed by atoms with Crippen molar-refractivity contribution >= 4 is 5.91 Å². The Kier molecular flexibility index (Phi) is 8.44. The molecule has 0 bridgehead atoms. The minimum absolute atomic E-state index is 0.252. The van der Waals surface area contributed by atoms with Crippen LogP contribution in [0.4, 0.5) is 0 Å². The topological polar surface area (TPSA) is 20.3 Å². The summed E-state index contributed by atoms with van der Waals surface area (Å²) in [4.78, 5) is 13.4. The van der Waals surface area contributed by atoms with Gasteiger partial charge in [-0.05, 0) is 12.8 Å². The van der Waals surface area contributed by atoms with Crippen molar-refractivity contribution in [3.63, 3.8) is 0 Å². The number of nitrogens with zero attached hydrogens (tertiary/aromatic N) is 1. The first-order valence-electron chi connectivity index (χ1n) is 6.34. The molecule has 0 saturated heterocycles. The molecule has 0 rings (SSSR count). The third kappa shape index (κ3) is 6.53. The largest absolute Gasteiger partial charge is 0.349 e. The molecule has 0 aliphatic rings. The van der Waals surface area contributed by atoms with Crippen LogP contribution in [0.3, 0.4) is 0 Å². The number of hydrogen-bond donors (Lipinski definition) is 0. The zero-order valence-corrected chi connectivity index (χ0v) is 10.9. The Labute approximate surface area is 95.0 Å². The van der Waals surface area contributed by atoms with Gasteiger partial charge in [0.25, 0.3) is 0 Å². The Morgan fingerprint density at radius 3 is 2.13 bits per heavy atom. The summed E-state index contributed by atoms with van der Waals surface area (Å²) in [6.45, 7) is 4.34. The molecule has 0 radical (unpaired) electrons. The van der Waals surface area contributed by atoms with E-state index in [1.165, 1.54) is 32.1 Å². The molecule has 0 heterocycles. The predicted molar refractivity (Wildman–Crippen MR) is 65.9 cm³/mol. The highest BCUT2D eigenvalue weighted by Gasteiger charge is 2.17. The van der Waals surface area contributed by atoms with Crippen LogP contribution < -0.4 is 0 Å². The zero-order chi connectivity index (χ0) is 11.7. The molecule has 0 saturated carbocycles. The van der Waals surface area contributed by atoms with E-state index in [0.717, 1.165) is 12.8 Å². The number of hydrogen-bond acceptors (Lipinski definition) is 1. The van der Waals surface area contributed by atoms with E-state index in [4.69, 9.17) is 0 Å². The van der Waals surface area contributed by atoms with Crippen LogP contribution in [-0.2, 0) is 4.79 Å². The quantitative estimate of drug-likeness (QED) is 0.565. The molecular weight excluding hydrogens is 186 g/mol. The van der Waals surface area contributed by atoms with Gasteiger partial charge < -0.3 is 4.90 Å². The van der Waals surface area contributed by atoms with E-state index >= 15 is 0 Å². The molecule has 2 heteroatoms. The second kappa shape index (κ2) is 8.75. The van der Waals surface area contributed by atoms with E-state index in [-0.39, 0.29) is 5.92 Å². The van der Waals surface area contributed by atoms with Crippen LogP contribution >= 0.6 is 0 Å². The Hall–Kier alpha value is -0.530. The highest BCUT2D eigenvalue weighted by Crippen LogP contribution is 2.16. The first kappa shape index (κ1) is 14.5. The molecule has 1 amide bonds. The number of carbonyl (C=O) groups is 1. The minimum atomic E-state index is 0.252. The van der Waals surface area contributed by atoms with Gasteiger partial charge in [0.2, 0.25) is 5.91 Å². The molecule has 15 heavy (non-hydrogen) atoms. The molecule has 0 aliphatic carbocycles. The van der Waals surface area contributed by atoms with E-state index in [1.54, 1.807) is 4.90 Å². The zero-order valence-electron chi connectivity index (χ0n) is 10.9.